The number of esters is 3. The second kappa shape index (κ2) is 28.3. The zero-order valence-corrected chi connectivity index (χ0v) is 61.4. The Balaban J connectivity index is 0.000000165. The molecule has 0 spiro atoms. The van der Waals surface area contributed by atoms with Crippen LogP contribution in [0.4, 0.5) is 0 Å². The lowest BCUT2D eigenvalue weighted by Gasteiger charge is -2.30. The first-order valence-corrected chi connectivity index (χ1v) is 32.6. The number of aromatic amines is 1. The molecule has 11 rings (SSSR count). The van der Waals surface area contributed by atoms with Gasteiger partial charge in [-0.25, -0.2) is 34.0 Å². The number of carbonyl (C=O) groups excluding carboxylic acids is 3. The van der Waals surface area contributed by atoms with E-state index >= 15 is 0 Å². The molecular weight excluding hydrogens is 1580 g/mol. The molecule has 2 aromatic carbocycles. The molecule has 8 aromatic heterocycles. The molecule has 0 amide bonds. The van der Waals surface area contributed by atoms with Crippen LogP contribution in [0, 0.1) is 23.6 Å². The van der Waals surface area contributed by atoms with Crippen LogP contribution in [0.15, 0.2) is 111 Å². The van der Waals surface area contributed by atoms with Crippen molar-refractivity contribution in [1.29, 1.82) is 0 Å². The van der Waals surface area contributed by atoms with E-state index in [2.05, 4.69) is 133 Å². The molecule has 0 bridgehead atoms. The van der Waals surface area contributed by atoms with Crippen molar-refractivity contribution in [2.75, 3.05) is 14.2 Å². The highest BCUT2D eigenvalue weighted by Gasteiger charge is 2.49. The van der Waals surface area contributed by atoms with Gasteiger partial charge in [0.1, 0.15) is 30.3 Å². The van der Waals surface area contributed by atoms with Gasteiger partial charge in [-0.2, -0.15) is 20.4 Å². The summed E-state index contributed by atoms with van der Waals surface area (Å²) in [6.45, 7) is 24.4. The Morgan fingerprint density at radius 1 is 0.544 bits per heavy atom. The number of halogens is 5. The van der Waals surface area contributed by atoms with Crippen LogP contribution >= 0.6 is 93.0 Å². The Kier molecular flexibility index (Phi) is 21.9. The first-order chi connectivity index (χ1) is 42.2. The van der Waals surface area contributed by atoms with E-state index in [0.29, 0.717) is 34.1 Å². The highest BCUT2D eigenvalue weighted by molar-refractivity contribution is 14.1. The van der Waals surface area contributed by atoms with Gasteiger partial charge >= 0.3 is 17.9 Å². The predicted octanol–water partition coefficient (Wildman–Crippen LogP) is 15.3. The van der Waals surface area contributed by atoms with E-state index < -0.39 is 33.7 Å². The molecule has 1 fully saturated rings. The topological polar surface area (TPSA) is 250 Å². The van der Waals surface area contributed by atoms with Crippen LogP contribution in [0.1, 0.15) is 102 Å². The van der Waals surface area contributed by atoms with Crippen LogP contribution in [0.25, 0.3) is 66.6 Å². The first-order valence-electron chi connectivity index (χ1n) is 28.1. The summed E-state index contributed by atoms with van der Waals surface area (Å²) in [7, 11) is 3.24. The highest BCUT2D eigenvalue weighted by atomic mass is 127. The number of ether oxygens (including phenoxy) is 7. The van der Waals surface area contributed by atoms with Crippen molar-refractivity contribution in [3.05, 3.63) is 124 Å². The van der Waals surface area contributed by atoms with Gasteiger partial charge in [-0.05, 0) is 232 Å². The number of aromatic nitrogens is 12. The van der Waals surface area contributed by atoms with Gasteiger partial charge < -0.3 is 33.2 Å². The minimum atomic E-state index is -0.619. The molecule has 9 heterocycles. The lowest BCUT2D eigenvalue weighted by molar-refractivity contribution is -0.158. The molecule has 27 heteroatoms. The van der Waals surface area contributed by atoms with Crippen LogP contribution in [0.3, 0.4) is 0 Å². The van der Waals surface area contributed by atoms with Crippen molar-refractivity contribution in [2.45, 2.75) is 128 Å². The molecule has 0 aliphatic carbocycles. The lowest BCUT2D eigenvalue weighted by atomic mass is 9.90. The quantitative estimate of drug-likeness (QED) is 0.0718. The lowest BCUT2D eigenvalue weighted by Crippen LogP contribution is -2.41. The Labute approximate surface area is 573 Å². The summed E-state index contributed by atoms with van der Waals surface area (Å²) in [4.78, 5) is 53.7. The second-order valence-electron chi connectivity index (χ2n) is 24.7. The summed E-state index contributed by atoms with van der Waals surface area (Å²) in [5.41, 5.74) is 3.86. The predicted molar refractivity (Wildman–Crippen MR) is 369 cm³/mol. The molecule has 0 atom stereocenters. The van der Waals surface area contributed by atoms with Gasteiger partial charge in [0.15, 0.2) is 49.1 Å². The summed E-state index contributed by atoms with van der Waals surface area (Å²) >= 11 is 14.5. The number of fused-ring (bicyclic) bond motifs is 4. The van der Waals surface area contributed by atoms with Gasteiger partial charge in [0.25, 0.3) is 0 Å². The molecule has 0 unspecified atom stereocenters. The number of rotatable bonds is 11. The summed E-state index contributed by atoms with van der Waals surface area (Å²) in [6.07, 6.45) is 6.29. The molecule has 476 valence electrons. The van der Waals surface area contributed by atoms with E-state index in [4.69, 9.17) is 38.3 Å². The number of benzene rings is 2. The number of carbonyl (C=O) groups is 3. The fourth-order valence-electron chi connectivity index (χ4n) is 8.42. The van der Waals surface area contributed by atoms with Crippen LogP contribution in [0.2, 0.25) is 0 Å². The Bertz CT molecular complexity index is 4240. The average Bonchev–Trinajstić information content (AvgIpc) is 1.63. The fourth-order valence-corrected chi connectivity index (χ4v) is 10.6. The van der Waals surface area contributed by atoms with E-state index in [1.165, 1.54) is 0 Å². The zero-order valence-electron chi connectivity index (χ0n) is 52.3. The van der Waals surface area contributed by atoms with E-state index in [1.54, 1.807) is 53.1 Å². The Hall–Kier alpha value is -6.25. The molecule has 90 heavy (non-hydrogen) atoms. The third-order valence-electron chi connectivity index (χ3n) is 14.0. The van der Waals surface area contributed by atoms with Gasteiger partial charge in [-0.15, -0.1) is 0 Å². The number of para-hydroxylation sites is 2. The molecule has 0 saturated carbocycles. The SMILES string of the molecule is Brc1cnc2n[nH]c(I)c2c1.CC(C)(C)C(=O)OCn1nc(I)c2cc(Br)cnc21.COc1ccccc1-c1nn(COC(=O)C(C)(C)C)c2ncc(Br)cc12.COc1ccccc1-c1nn(COC(=O)C(C)(C)C)c2ncc(C3OC(C)(C)C(C)(C)O3)cc12. The van der Waals surface area contributed by atoms with Gasteiger partial charge in [0, 0.05) is 65.7 Å². The normalized spacial score (nSPS) is 13.9. The number of nitrogens with one attached hydrogen (secondary N) is 1. The van der Waals surface area contributed by atoms with E-state index in [0.717, 1.165) is 70.4 Å². The number of nitrogens with zero attached hydrogens (tertiary/aromatic N) is 11. The van der Waals surface area contributed by atoms with E-state index in [-0.39, 0.29) is 38.1 Å². The van der Waals surface area contributed by atoms with Crippen LogP contribution in [0.5, 0.6) is 11.5 Å². The maximum absolute atomic E-state index is 12.4. The number of hydrogen-bond donors (Lipinski definition) is 1. The van der Waals surface area contributed by atoms with Crippen LogP contribution < -0.4 is 9.47 Å². The van der Waals surface area contributed by atoms with Crippen molar-refractivity contribution in [3.63, 3.8) is 0 Å². The van der Waals surface area contributed by atoms with Gasteiger partial charge in [-0.3, -0.25) is 19.5 Å². The third-order valence-corrected chi connectivity index (χ3v) is 17.0. The van der Waals surface area contributed by atoms with Crippen molar-refractivity contribution in [2.24, 2.45) is 16.2 Å². The number of pyridine rings is 4. The number of methoxy groups -OCH3 is 2. The minimum Gasteiger partial charge on any atom is -0.496 e. The standard InChI is InChI=1S/C26H33N3O5.C19H20BrN3O3.C12H13BrIN3O2.C6H3BrIN3/c1-24(2,3)23(30)32-15-29-21-18(20(28-29)17-11-9-10-12-19(17)31-8)13-16(14-27-21)22-33-25(4,5)26(6,7)34-22;1-19(2,3)18(24)26-11-23-17-14(9-12(20)10-21-17)16(22-23)13-7-5-6-8-15(13)25-4;1-12(2,3)11(18)19-6-17-10-8(9(14)16-17)4-7(13)5-15-10;7-3-1-4-5(8)10-11-6(4)9-2-3/h9-14,22H,15H2,1-8H3;5-10H,11H2,1-4H3;4-5H,6H2,1-3H3;1-2H,(H,9,10,11). The monoisotopic (exact) mass is 1640 g/mol. The summed E-state index contributed by atoms with van der Waals surface area (Å²) in [5, 5.41) is 24.2. The summed E-state index contributed by atoms with van der Waals surface area (Å²) in [6, 6.07) is 23.1. The molecule has 0 radical (unpaired) electrons. The molecule has 22 nitrogen and oxygen atoms in total. The molecule has 1 saturated heterocycles. The van der Waals surface area contributed by atoms with Crippen molar-refractivity contribution < 1.29 is 47.5 Å². The Morgan fingerprint density at radius 2 is 0.922 bits per heavy atom. The second-order valence-corrected chi connectivity index (χ2v) is 29.5. The highest BCUT2D eigenvalue weighted by Crippen LogP contribution is 2.46. The smallest absolute Gasteiger partial charge is 0.313 e. The van der Waals surface area contributed by atoms with E-state index in [9.17, 15) is 14.4 Å². The fraction of sp³-hybridized carbons (Fsp3) is 0.381. The van der Waals surface area contributed by atoms with Crippen molar-refractivity contribution >= 4 is 155 Å². The molecule has 1 aliphatic heterocycles. The molecule has 10 aromatic rings. The first kappa shape index (κ1) is 69.6. The van der Waals surface area contributed by atoms with Gasteiger partial charge in [0.2, 0.25) is 0 Å². The number of hydrogen-bond acceptors (Lipinski definition) is 18. The minimum absolute atomic E-state index is 0.00359. The van der Waals surface area contributed by atoms with Gasteiger partial charge in [-0.1, -0.05) is 24.3 Å². The van der Waals surface area contributed by atoms with Crippen molar-refractivity contribution in [1.82, 2.24) is 59.5 Å². The summed E-state index contributed by atoms with van der Waals surface area (Å²) < 4.78 is 49.0. The molecule has 1 aliphatic rings. The molecule has 1 N–H and O–H groups in total. The third kappa shape index (κ3) is 16.3. The maximum atomic E-state index is 12.4. The van der Waals surface area contributed by atoms with Crippen molar-refractivity contribution in [3.8, 4) is 34.0 Å². The number of H-pyrrole nitrogens is 1. The van der Waals surface area contributed by atoms with Crippen LogP contribution in [-0.2, 0) is 58.3 Å². The largest absolute Gasteiger partial charge is 0.496 e. The zero-order chi connectivity index (χ0) is 65.8. The van der Waals surface area contributed by atoms with E-state index in [1.807, 2.05) is 163 Å². The summed E-state index contributed by atoms with van der Waals surface area (Å²) in [5.74, 6) is 0.525. The Morgan fingerprint density at radius 3 is 1.37 bits per heavy atom. The van der Waals surface area contributed by atoms with Gasteiger partial charge in [0.05, 0.1) is 52.4 Å². The van der Waals surface area contributed by atoms with Crippen LogP contribution in [-0.4, -0.2) is 103 Å². The maximum Gasteiger partial charge on any atom is 0.313 e. The average molecular weight is 1650 g/mol. The molecular formula is C63H69Br3I2N12O10.